The van der Waals surface area contributed by atoms with Crippen molar-refractivity contribution in [2.24, 2.45) is 0 Å². The fraction of sp³-hybridized carbons (Fsp3) is 0.333. The highest BCUT2D eigenvalue weighted by Crippen LogP contribution is 2.35. The van der Waals surface area contributed by atoms with Crippen LogP contribution in [0.15, 0.2) is 41.0 Å². The van der Waals surface area contributed by atoms with E-state index in [4.69, 9.17) is 4.42 Å². The third kappa shape index (κ3) is 2.53. The van der Waals surface area contributed by atoms with Gasteiger partial charge in [-0.15, -0.1) is 0 Å². The third-order valence-corrected chi connectivity index (χ3v) is 3.58. The molecule has 1 atom stereocenters. The number of hydrogen-bond acceptors (Lipinski definition) is 2. The van der Waals surface area contributed by atoms with Gasteiger partial charge in [0.1, 0.15) is 5.76 Å². The van der Waals surface area contributed by atoms with Gasteiger partial charge in [-0.1, -0.05) is 6.07 Å². The molecule has 0 saturated heterocycles. The van der Waals surface area contributed by atoms with E-state index in [1.54, 1.807) is 12.3 Å². The van der Waals surface area contributed by atoms with Crippen molar-refractivity contribution in [2.75, 3.05) is 5.32 Å². The summed E-state index contributed by atoms with van der Waals surface area (Å²) in [6.07, 6.45) is 0.0743. The Bertz CT molecular complexity index is 603. The maximum Gasteiger partial charge on any atom is 0.416 e. The summed E-state index contributed by atoms with van der Waals surface area (Å²) in [4.78, 5) is 0. The van der Waals surface area contributed by atoms with Gasteiger partial charge in [0, 0.05) is 17.7 Å². The first-order chi connectivity index (χ1) is 9.54. The van der Waals surface area contributed by atoms with Crippen molar-refractivity contribution < 1.29 is 17.6 Å². The second-order valence-electron chi connectivity index (χ2n) is 4.97. The molecule has 1 aliphatic carbocycles. The maximum absolute atomic E-state index is 12.7. The molecule has 20 heavy (non-hydrogen) atoms. The lowest BCUT2D eigenvalue weighted by Gasteiger charge is -2.24. The zero-order chi connectivity index (χ0) is 14.2. The first-order valence-electron chi connectivity index (χ1n) is 6.54. The van der Waals surface area contributed by atoms with Crippen LogP contribution in [0.25, 0.3) is 0 Å². The lowest BCUT2D eigenvalue weighted by molar-refractivity contribution is -0.137. The molecule has 1 aromatic heterocycles. The molecule has 0 saturated carbocycles. The van der Waals surface area contributed by atoms with Crippen molar-refractivity contribution in [3.05, 3.63) is 53.5 Å². The van der Waals surface area contributed by atoms with Crippen LogP contribution in [0, 0.1) is 0 Å². The molecule has 1 aromatic carbocycles. The quantitative estimate of drug-likeness (QED) is 0.856. The molecule has 1 aliphatic rings. The second kappa shape index (κ2) is 4.89. The van der Waals surface area contributed by atoms with Crippen LogP contribution in [-0.2, 0) is 12.6 Å². The third-order valence-electron chi connectivity index (χ3n) is 3.58. The lowest BCUT2D eigenvalue weighted by atomic mass is 9.93. The summed E-state index contributed by atoms with van der Waals surface area (Å²) in [5.74, 6) is 0.931. The van der Waals surface area contributed by atoms with Crippen LogP contribution in [0.1, 0.15) is 35.8 Å². The van der Waals surface area contributed by atoms with Crippen molar-refractivity contribution in [1.29, 1.82) is 0 Å². The van der Waals surface area contributed by atoms with E-state index in [2.05, 4.69) is 5.32 Å². The van der Waals surface area contributed by atoms with Crippen LogP contribution in [0.3, 0.4) is 0 Å². The number of nitrogens with one attached hydrogen (secondary N) is 1. The largest absolute Gasteiger partial charge is 0.469 e. The molecule has 0 amide bonds. The highest BCUT2D eigenvalue weighted by molar-refractivity contribution is 5.49. The lowest BCUT2D eigenvalue weighted by Crippen LogP contribution is -2.16. The summed E-state index contributed by atoms with van der Waals surface area (Å²) < 4.78 is 43.5. The molecule has 1 heterocycles. The number of aryl methyl sites for hydroxylation is 1. The van der Waals surface area contributed by atoms with Gasteiger partial charge in [0.2, 0.25) is 0 Å². The Balaban J connectivity index is 1.83. The maximum atomic E-state index is 12.7. The SMILES string of the molecule is FC(F)(F)c1cccc(NC2CCCc3occc32)c1. The van der Waals surface area contributed by atoms with Crippen molar-refractivity contribution in [2.45, 2.75) is 31.5 Å². The highest BCUT2D eigenvalue weighted by Gasteiger charge is 2.30. The number of furan rings is 1. The predicted octanol–water partition coefficient (Wildman–Crippen LogP) is 4.79. The number of fused-ring (bicyclic) bond motifs is 1. The van der Waals surface area contributed by atoms with Gasteiger partial charge in [-0.3, -0.25) is 0 Å². The van der Waals surface area contributed by atoms with Gasteiger partial charge in [0.05, 0.1) is 17.9 Å². The number of anilines is 1. The van der Waals surface area contributed by atoms with E-state index in [1.807, 2.05) is 6.07 Å². The monoisotopic (exact) mass is 281 g/mol. The van der Waals surface area contributed by atoms with Gasteiger partial charge < -0.3 is 9.73 Å². The first kappa shape index (κ1) is 13.1. The Kier molecular flexibility index (Phi) is 3.20. The number of benzene rings is 1. The van der Waals surface area contributed by atoms with E-state index in [9.17, 15) is 13.2 Å². The normalized spacial score (nSPS) is 18.6. The van der Waals surface area contributed by atoms with Crippen LogP contribution >= 0.6 is 0 Å². The summed E-state index contributed by atoms with van der Waals surface area (Å²) in [6.45, 7) is 0. The van der Waals surface area contributed by atoms with Gasteiger partial charge in [-0.25, -0.2) is 0 Å². The molecule has 0 radical (unpaired) electrons. The van der Waals surface area contributed by atoms with Crippen LogP contribution in [0.4, 0.5) is 18.9 Å². The van der Waals surface area contributed by atoms with Gasteiger partial charge in [-0.2, -0.15) is 13.2 Å². The molecule has 2 aromatic rings. The fourth-order valence-electron chi connectivity index (χ4n) is 2.62. The van der Waals surface area contributed by atoms with Gasteiger partial charge >= 0.3 is 6.18 Å². The Morgan fingerprint density at radius 3 is 2.85 bits per heavy atom. The molecule has 1 unspecified atom stereocenters. The fourth-order valence-corrected chi connectivity index (χ4v) is 2.62. The second-order valence-corrected chi connectivity index (χ2v) is 4.97. The molecule has 0 fully saturated rings. The zero-order valence-electron chi connectivity index (χ0n) is 10.7. The summed E-state index contributed by atoms with van der Waals surface area (Å²) in [5, 5.41) is 3.18. The molecule has 106 valence electrons. The molecule has 0 bridgehead atoms. The number of alkyl halides is 3. The standard InChI is InChI=1S/C15H14F3NO/c16-15(17,18)10-3-1-4-11(9-10)19-13-5-2-6-14-12(13)7-8-20-14/h1,3-4,7-9,13,19H,2,5-6H2. The summed E-state index contributed by atoms with van der Waals surface area (Å²) >= 11 is 0. The minimum absolute atomic E-state index is 0.0148. The molecular formula is C15H14F3NO. The molecule has 0 spiro atoms. The van der Waals surface area contributed by atoms with Crippen LogP contribution in [-0.4, -0.2) is 0 Å². The topological polar surface area (TPSA) is 25.2 Å². The summed E-state index contributed by atoms with van der Waals surface area (Å²) in [5.41, 5.74) is 0.901. The van der Waals surface area contributed by atoms with Crippen LogP contribution < -0.4 is 5.32 Å². The number of halogens is 3. The van der Waals surface area contributed by atoms with E-state index in [1.165, 1.54) is 6.07 Å². The van der Waals surface area contributed by atoms with Crippen LogP contribution in [0.2, 0.25) is 0 Å². The molecule has 2 nitrogen and oxygen atoms in total. The smallest absolute Gasteiger partial charge is 0.416 e. The van der Waals surface area contributed by atoms with E-state index in [0.29, 0.717) is 5.69 Å². The number of hydrogen-bond donors (Lipinski definition) is 1. The first-order valence-corrected chi connectivity index (χ1v) is 6.54. The van der Waals surface area contributed by atoms with Crippen molar-refractivity contribution >= 4 is 5.69 Å². The Labute approximate surface area is 114 Å². The van der Waals surface area contributed by atoms with Crippen LogP contribution in [0.5, 0.6) is 0 Å². The van der Waals surface area contributed by atoms with Crippen molar-refractivity contribution in [3.63, 3.8) is 0 Å². The minimum atomic E-state index is -4.31. The van der Waals surface area contributed by atoms with Crippen molar-refractivity contribution in [3.8, 4) is 0 Å². The zero-order valence-corrected chi connectivity index (χ0v) is 10.7. The van der Waals surface area contributed by atoms with E-state index in [0.717, 1.165) is 42.7 Å². The van der Waals surface area contributed by atoms with Gasteiger partial charge in [0.15, 0.2) is 0 Å². The van der Waals surface area contributed by atoms with Gasteiger partial charge in [-0.05, 0) is 37.1 Å². The Hall–Kier alpha value is -1.91. The molecule has 5 heteroatoms. The van der Waals surface area contributed by atoms with Crippen molar-refractivity contribution in [1.82, 2.24) is 0 Å². The van der Waals surface area contributed by atoms with E-state index < -0.39 is 11.7 Å². The average Bonchev–Trinajstić information content (AvgIpc) is 2.87. The number of rotatable bonds is 2. The molecule has 3 rings (SSSR count). The van der Waals surface area contributed by atoms with Gasteiger partial charge in [0.25, 0.3) is 0 Å². The Morgan fingerprint density at radius 2 is 2.05 bits per heavy atom. The summed E-state index contributed by atoms with van der Waals surface area (Å²) in [6, 6.07) is 7.21. The summed E-state index contributed by atoms with van der Waals surface area (Å²) in [7, 11) is 0. The Morgan fingerprint density at radius 1 is 1.20 bits per heavy atom. The molecule has 0 aliphatic heterocycles. The average molecular weight is 281 g/mol. The predicted molar refractivity (Wildman–Crippen MR) is 69.5 cm³/mol. The molecule has 1 N–H and O–H groups in total. The highest BCUT2D eigenvalue weighted by atomic mass is 19.4. The van der Waals surface area contributed by atoms with E-state index in [-0.39, 0.29) is 6.04 Å². The van der Waals surface area contributed by atoms with E-state index >= 15 is 0 Å². The molecular weight excluding hydrogens is 267 g/mol. The minimum Gasteiger partial charge on any atom is -0.469 e.